The van der Waals surface area contributed by atoms with Crippen molar-refractivity contribution in [1.29, 1.82) is 0 Å². The molecule has 0 aromatic heterocycles. The van der Waals surface area contributed by atoms with Gasteiger partial charge < -0.3 is 41.5 Å². The van der Waals surface area contributed by atoms with Crippen LogP contribution in [-0.4, -0.2) is 86.5 Å². The van der Waals surface area contributed by atoms with E-state index in [2.05, 4.69) is 15.3 Å². The van der Waals surface area contributed by atoms with Gasteiger partial charge in [-0.2, -0.15) is 0 Å². The van der Waals surface area contributed by atoms with Crippen molar-refractivity contribution in [2.75, 3.05) is 13.1 Å². The van der Waals surface area contributed by atoms with Crippen LogP contribution in [0.1, 0.15) is 26.3 Å². The number of aliphatic hydroxyl groups is 2. The Labute approximate surface area is 205 Å². The quantitative estimate of drug-likeness (QED) is 0.252. The number of benzene rings is 2. The van der Waals surface area contributed by atoms with Crippen LogP contribution in [0.2, 0.25) is 0 Å². The molecule has 1 fully saturated rings. The number of carbonyl (C=O) groups excluding carboxylic acids is 2. The molecule has 36 heavy (non-hydrogen) atoms. The van der Waals surface area contributed by atoms with E-state index in [9.17, 15) is 19.8 Å². The van der Waals surface area contributed by atoms with E-state index in [4.69, 9.17) is 16.2 Å². The van der Waals surface area contributed by atoms with E-state index in [1.807, 2.05) is 12.1 Å². The predicted molar refractivity (Wildman–Crippen MR) is 127 cm³/mol. The SMILES string of the molecule is NC1=N[C@H]2[C@H](CN3Cc4ccccc4C3=O)N=C(N)N3C[C@H](OC(=O)c4ccccc4)C(O)(O)[C@]23N1. The average molecular weight is 492 g/mol. The number of carbonyl (C=O) groups is 2. The highest BCUT2D eigenvalue weighted by Gasteiger charge is 2.74. The van der Waals surface area contributed by atoms with Crippen molar-refractivity contribution in [1.82, 2.24) is 15.1 Å². The van der Waals surface area contributed by atoms with Crippen molar-refractivity contribution in [3.8, 4) is 0 Å². The summed E-state index contributed by atoms with van der Waals surface area (Å²) in [6, 6.07) is 13.9. The van der Waals surface area contributed by atoms with Gasteiger partial charge in [0.2, 0.25) is 5.79 Å². The molecule has 4 aliphatic rings. The minimum Gasteiger partial charge on any atom is -0.451 e. The number of ether oxygens (including phenoxy) is 1. The van der Waals surface area contributed by atoms with Crippen LogP contribution in [0.5, 0.6) is 0 Å². The third-order valence-corrected chi connectivity index (χ3v) is 7.31. The molecule has 7 N–H and O–H groups in total. The van der Waals surface area contributed by atoms with Crippen molar-refractivity contribution in [2.45, 2.75) is 36.2 Å². The fourth-order valence-corrected chi connectivity index (χ4v) is 5.63. The summed E-state index contributed by atoms with van der Waals surface area (Å²) in [5, 5.41) is 25.8. The third-order valence-electron chi connectivity index (χ3n) is 7.31. The Morgan fingerprint density at radius 3 is 2.58 bits per heavy atom. The Bertz CT molecular complexity index is 1310. The highest BCUT2D eigenvalue weighted by Crippen LogP contribution is 2.46. The van der Waals surface area contributed by atoms with Crippen molar-refractivity contribution >= 4 is 23.8 Å². The maximum absolute atomic E-state index is 13.0. The van der Waals surface area contributed by atoms with Crippen LogP contribution in [0.25, 0.3) is 0 Å². The molecule has 1 amide bonds. The first-order chi connectivity index (χ1) is 17.2. The van der Waals surface area contributed by atoms with E-state index >= 15 is 0 Å². The van der Waals surface area contributed by atoms with Gasteiger partial charge in [-0.25, -0.2) is 14.8 Å². The van der Waals surface area contributed by atoms with Gasteiger partial charge in [-0.1, -0.05) is 36.4 Å². The molecule has 4 aliphatic heterocycles. The zero-order valence-electron chi connectivity index (χ0n) is 19.1. The fourth-order valence-electron chi connectivity index (χ4n) is 5.63. The van der Waals surface area contributed by atoms with Crippen molar-refractivity contribution in [3.05, 3.63) is 71.3 Å². The molecule has 2 aromatic carbocycles. The van der Waals surface area contributed by atoms with Gasteiger partial charge in [0, 0.05) is 18.7 Å². The second kappa shape index (κ2) is 7.67. The van der Waals surface area contributed by atoms with Gasteiger partial charge in [0.1, 0.15) is 6.04 Å². The molecule has 6 rings (SSSR count). The number of aliphatic imine (C=N–C) groups is 2. The Kier molecular flexibility index (Phi) is 4.75. The van der Waals surface area contributed by atoms with Gasteiger partial charge in [-0.05, 0) is 23.8 Å². The van der Waals surface area contributed by atoms with Gasteiger partial charge in [0.25, 0.3) is 5.91 Å². The molecular weight excluding hydrogens is 466 g/mol. The van der Waals surface area contributed by atoms with Gasteiger partial charge in [-0.15, -0.1) is 0 Å². The Balaban J connectivity index is 1.31. The Hall–Kier alpha value is -4.16. The van der Waals surface area contributed by atoms with Crippen LogP contribution < -0.4 is 16.8 Å². The average Bonchev–Trinajstić information content (AvgIpc) is 3.45. The third kappa shape index (κ3) is 3.01. The van der Waals surface area contributed by atoms with Crippen molar-refractivity contribution in [2.24, 2.45) is 21.5 Å². The number of fused-ring (bicyclic) bond motifs is 1. The lowest BCUT2D eigenvalue weighted by atomic mass is 9.85. The van der Waals surface area contributed by atoms with Crippen molar-refractivity contribution in [3.63, 3.8) is 0 Å². The molecule has 0 saturated carbocycles. The molecule has 1 saturated heterocycles. The van der Waals surface area contributed by atoms with Gasteiger partial charge in [-0.3, -0.25) is 4.79 Å². The molecule has 4 heterocycles. The highest BCUT2D eigenvalue weighted by molar-refractivity contribution is 5.98. The molecule has 1 spiro atoms. The molecule has 0 aliphatic carbocycles. The lowest BCUT2D eigenvalue weighted by Gasteiger charge is -2.49. The molecular formula is C24H25N7O5. The van der Waals surface area contributed by atoms with Crippen LogP contribution >= 0.6 is 0 Å². The summed E-state index contributed by atoms with van der Waals surface area (Å²) in [5.74, 6) is -3.58. The van der Waals surface area contributed by atoms with E-state index in [1.54, 1.807) is 47.4 Å². The number of rotatable bonds is 4. The highest BCUT2D eigenvalue weighted by atomic mass is 16.6. The monoisotopic (exact) mass is 491 g/mol. The number of nitrogens with zero attached hydrogens (tertiary/aromatic N) is 4. The fraction of sp³-hybridized carbons (Fsp3) is 0.333. The summed E-state index contributed by atoms with van der Waals surface area (Å²) >= 11 is 0. The lowest BCUT2D eigenvalue weighted by Crippen LogP contribution is -2.77. The summed E-state index contributed by atoms with van der Waals surface area (Å²) in [6.07, 6.45) is -1.40. The van der Waals surface area contributed by atoms with E-state index < -0.39 is 35.6 Å². The van der Waals surface area contributed by atoms with Gasteiger partial charge >= 0.3 is 5.97 Å². The molecule has 0 radical (unpaired) electrons. The van der Waals surface area contributed by atoms with Crippen LogP contribution in [0, 0.1) is 0 Å². The molecule has 2 aromatic rings. The molecule has 12 nitrogen and oxygen atoms in total. The first kappa shape index (κ1) is 22.3. The summed E-state index contributed by atoms with van der Waals surface area (Å²) in [5.41, 5.74) is 12.3. The second-order valence-corrected chi connectivity index (χ2v) is 9.34. The summed E-state index contributed by atoms with van der Waals surface area (Å²) < 4.78 is 5.53. The Morgan fingerprint density at radius 1 is 1.11 bits per heavy atom. The zero-order valence-corrected chi connectivity index (χ0v) is 19.1. The number of guanidine groups is 2. The minimum absolute atomic E-state index is 0.0106. The standard InChI is InChI=1S/C24H25N7O5/c25-21-28-18-16(11-30-10-14-8-4-5-9-15(14)19(30)32)27-22(26)31-12-17(24(34,35)23(18,31)29-21)36-20(33)13-6-2-1-3-7-13/h1-9,16-18,34-35H,10-12H2,(H2,26,27)(H3,25,28,29)/t16-,17-,18-,23-/m0/s1. The normalized spacial score (nSPS) is 29.6. The van der Waals surface area contributed by atoms with E-state index in [-0.39, 0.29) is 36.5 Å². The van der Waals surface area contributed by atoms with Gasteiger partial charge in [0.05, 0.1) is 18.2 Å². The first-order valence-electron chi connectivity index (χ1n) is 11.5. The summed E-state index contributed by atoms with van der Waals surface area (Å²) in [7, 11) is 0. The molecule has 4 atom stereocenters. The van der Waals surface area contributed by atoms with E-state index in [0.717, 1.165) is 5.56 Å². The van der Waals surface area contributed by atoms with Crippen molar-refractivity contribution < 1.29 is 24.5 Å². The van der Waals surface area contributed by atoms with Crippen LogP contribution in [0.3, 0.4) is 0 Å². The first-order valence-corrected chi connectivity index (χ1v) is 11.5. The maximum Gasteiger partial charge on any atom is 0.338 e. The van der Waals surface area contributed by atoms with Crippen LogP contribution in [0.4, 0.5) is 0 Å². The second-order valence-electron chi connectivity index (χ2n) is 9.34. The number of hydrogen-bond donors (Lipinski definition) is 5. The predicted octanol–water partition coefficient (Wildman–Crippen LogP) is -1.46. The molecule has 186 valence electrons. The largest absolute Gasteiger partial charge is 0.451 e. The van der Waals surface area contributed by atoms with Crippen LogP contribution in [0.15, 0.2) is 64.6 Å². The summed E-state index contributed by atoms with van der Waals surface area (Å²) in [4.78, 5) is 37.7. The number of nitrogens with one attached hydrogen (secondary N) is 1. The molecule has 0 unspecified atom stereocenters. The minimum atomic E-state index is -2.65. The number of esters is 1. The molecule has 0 bridgehead atoms. The van der Waals surface area contributed by atoms with Gasteiger partial charge in [0.15, 0.2) is 23.7 Å². The van der Waals surface area contributed by atoms with Crippen LogP contribution in [-0.2, 0) is 11.3 Å². The van der Waals surface area contributed by atoms with E-state index in [0.29, 0.717) is 12.1 Å². The number of amides is 1. The summed E-state index contributed by atoms with van der Waals surface area (Å²) in [6.45, 7) is 0.350. The number of hydrogen-bond acceptors (Lipinski definition) is 11. The maximum atomic E-state index is 13.0. The smallest absolute Gasteiger partial charge is 0.338 e. The molecule has 12 heteroatoms. The topological polar surface area (TPSA) is 179 Å². The number of nitrogens with two attached hydrogens (primary N) is 2. The van der Waals surface area contributed by atoms with E-state index in [1.165, 1.54) is 4.90 Å². The lowest BCUT2D eigenvalue weighted by molar-refractivity contribution is -0.256. The Morgan fingerprint density at radius 2 is 1.83 bits per heavy atom. The zero-order chi connectivity index (χ0) is 25.2.